The van der Waals surface area contributed by atoms with E-state index in [1.807, 2.05) is 46.1 Å². The second-order valence-corrected chi connectivity index (χ2v) is 12.1. The van der Waals surface area contributed by atoms with Gasteiger partial charge in [0.05, 0.1) is 5.56 Å². The lowest BCUT2D eigenvalue weighted by molar-refractivity contribution is -0.137. The fraction of sp³-hybridized carbons (Fsp3) is 0.423. The zero-order valence-corrected chi connectivity index (χ0v) is 20.9. The van der Waals surface area contributed by atoms with Crippen molar-refractivity contribution in [2.24, 2.45) is 9.81 Å². The summed E-state index contributed by atoms with van der Waals surface area (Å²) in [6.07, 6.45) is -5.66. The summed E-state index contributed by atoms with van der Waals surface area (Å²) in [5, 5.41) is 0.533. The first-order chi connectivity index (χ1) is 15.6. The molecule has 2 aromatic carbocycles. The Morgan fingerprint density at radius 2 is 1.62 bits per heavy atom. The molecule has 8 heteroatoms. The first kappa shape index (κ1) is 26.3. The molecule has 0 amide bonds. The summed E-state index contributed by atoms with van der Waals surface area (Å²) in [6, 6.07) is 10.2. The van der Waals surface area contributed by atoms with Crippen LogP contribution in [-0.4, -0.2) is 21.5 Å². The molecule has 0 unspecified atom stereocenters. The highest BCUT2D eigenvalue weighted by molar-refractivity contribution is 7.99. The van der Waals surface area contributed by atoms with Gasteiger partial charge in [-0.3, -0.25) is 0 Å². The fourth-order valence-electron chi connectivity index (χ4n) is 3.68. The first-order valence-corrected chi connectivity index (χ1v) is 11.7. The second kappa shape index (κ2) is 9.36. The van der Waals surface area contributed by atoms with E-state index in [0.29, 0.717) is 28.6 Å². The molecular weight excluding hydrogens is 467 g/mol. The van der Waals surface area contributed by atoms with Crippen molar-refractivity contribution in [3.63, 3.8) is 0 Å². The Labute approximate surface area is 201 Å². The molecule has 34 heavy (non-hydrogen) atoms. The topological polar surface area (TPSA) is 17.3 Å². The highest BCUT2D eigenvalue weighted by atomic mass is 32.2. The monoisotopic (exact) mass is 496 g/mol. The van der Waals surface area contributed by atoms with Gasteiger partial charge < -0.3 is 4.57 Å². The van der Waals surface area contributed by atoms with Gasteiger partial charge in [0.15, 0.2) is 0 Å². The van der Waals surface area contributed by atoms with Gasteiger partial charge in [0.2, 0.25) is 0 Å². The summed E-state index contributed by atoms with van der Waals surface area (Å²) in [7, 11) is 0. The largest absolute Gasteiger partial charge is 0.417 e. The number of halogens is 5. The van der Waals surface area contributed by atoms with Gasteiger partial charge in [-0.1, -0.05) is 51.1 Å². The van der Waals surface area contributed by atoms with Gasteiger partial charge in [-0.15, -0.1) is 0 Å². The van der Waals surface area contributed by atoms with Gasteiger partial charge in [-0.25, -0.2) is 13.2 Å². The van der Waals surface area contributed by atoms with Gasteiger partial charge in [0.1, 0.15) is 5.71 Å². The number of aromatic nitrogens is 1. The van der Waals surface area contributed by atoms with Gasteiger partial charge in [0, 0.05) is 34.0 Å². The molecule has 0 radical (unpaired) electrons. The van der Waals surface area contributed by atoms with Crippen molar-refractivity contribution in [2.75, 3.05) is 0 Å². The molecule has 0 spiro atoms. The molecule has 1 heterocycles. The second-order valence-electron chi connectivity index (χ2n) is 10.5. The minimum Gasteiger partial charge on any atom is -0.346 e. The van der Waals surface area contributed by atoms with Crippen LogP contribution in [0.4, 0.5) is 22.0 Å². The minimum atomic E-state index is -4.51. The Bertz CT molecular complexity index is 1190. The summed E-state index contributed by atoms with van der Waals surface area (Å²) < 4.78 is 74.7. The number of nitrogens with zero attached hydrogens (tertiary/aromatic N) is 2. The Morgan fingerprint density at radius 1 is 0.971 bits per heavy atom. The van der Waals surface area contributed by atoms with Crippen LogP contribution in [0.15, 0.2) is 53.1 Å². The summed E-state index contributed by atoms with van der Waals surface area (Å²) in [4.78, 5) is 0. The molecule has 2 nitrogen and oxygen atoms in total. The predicted molar refractivity (Wildman–Crippen MR) is 132 cm³/mol. The Hall–Kier alpha value is -2.35. The molecule has 0 bridgehead atoms. The third-order valence-electron chi connectivity index (χ3n) is 4.97. The van der Waals surface area contributed by atoms with Crippen LogP contribution < -0.4 is 0 Å². The highest BCUT2D eigenvalue weighted by Gasteiger charge is 2.33. The van der Waals surface area contributed by atoms with E-state index < -0.39 is 18.2 Å². The van der Waals surface area contributed by atoms with Gasteiger partial charge >= 0.3 is 6.18 Å². The SMILES string of the molecule is CC(C)(C)Cn1cc(C(=NSC(C)(C)C)C(F)F)c2ccc(-c3ccccc3C(F)(F)F)cc21. The number of alkyl halides is 5. The van der Waals surface area contributed by atoms with Crippen molar-refractivity contribution in [3.8, 4) is 11.1 Å². The lowest BCUT2D eigenvalue weighted by Crippen LogP contribution is -2.15. The molecule has 0 aliphatic carbocycles. The molecule has 0 N–H and O–H groups in total. The van der Waals surface area contributed by atoms with Crippen molar-refractivity contribution >= 4 is 28.6 Å². The Balaban J connectivity index is 2.26. The van der Waals surface area contributed by atoms with Crippen LogP contribution in [0.1, 0.15) is 52.7 Å². The number of benzene rings is 2. The molecule has 184 valence electrons. The van der Waals surface area contributed by atoms with Gasteiger partial charge in [-0.2, -0.15) is 13.2 Å². The number of fused-ring (bicyclic) bond motifs is 1. The van der Waals surface area contributed by atoms with Crippen molar-refractivity contribution in [2.45, 2.75) is 65.4 Å². The van der Waals surface area contributed by atoms with Gasteiger partial charge in [0.25, 0.3) is 6.43 Å². The number of rotatable bonds is 5. The molecule has 3 aromatic rings. The third-order valence-corrected chi connectivity index (χ3v) is 5.81. The minimum absolute atomic E-state index is 0.0491. The van der Waals surface area contributed by atoms with Crippen LogP contribution in [0.3, 0.4) is 0 Å². The van der Waals surface area contributed by atoms with Crippen LogP contribution in [0.25, 0.3) is 22.0 Å². The van der Waals surface area contributed by atoms with Crippen LogP contribution in [0, 0.1) is 5.41 Å². The molecule has 1 aromatic heterocycles. The third kappa shape index (κ3) is 6.20. The van der Waals surface area contributed by atoms with Crippen LogP contribution in [0.5, 0.6) is 0 Å². The maximum Gasteiger partial charge on any atom is 0.417 e. The standard InChI is InChI=1S/C26H29F5N2S/c1-24(2,3)15-33-14-19(22(23(27)28)32-34-25(4,5)6)18-12-11-16(13-21(18)33)17-9-7-8-10-20(17)26(29,30)31/h7-14,23H,15H2,1-6H3. The van der Waals surface area contributed by atoms with Crippen molar-refractivity contribution in [1.82, 2.24) is 4.57 Å². The number of hydrogen-bond donors (Lipinski definition) is 0. The van der Waals surface area contributed by atoms with E-state index in [2.05, 4.69) is 4.40 Å². The normalized spacial score (nSPS) is 13.8. The van der Waals surface area contributed by atoms with E-state index in [9.17, 15) is 22.0 Å². The summed E-state index contributed by atoms with van der Waals surface area (Å²) >= 11 is 1.07. The summed E-state index contributed by atoms with van der Waals surface area (Å²) in [6.45, 7) is 12.2. The maximum atomic E-state index is 14.1. The van der Waals surface area contributed by atoms with E-state index in [1.54, 1.807) is 30.5 Å². The molecule has 0 atom stereocenters. The highest BCUT2D eigenvalue weighted by Crippen LogP contribution is 2.39. The van der Waals surface area contributed by atoms with E-state index in [-0.39, 0.29) is 21.4 Å². The zero-order chi connectivity index (χ0) is 25.5. The zero-order valence-electron chi connectivity index (χ0n) is 20.1. The van der Waals surface area contributed by atoms with Crippen LogP contribution in [0.2, 0.25) is 0 Å². The predicted octanol–water partition coefficient (Wildman–Crippen LogP) is 8.87. The molecular formula is C26H29F5N2S. The molecule has 0 aliphatic heterocycles. The molecule has 0 saturated heterocycles. The van der Waals surface area contributed by atoms with E-state index in [4.69, 9.17) is 0 Å². The van der Waals surface area contributed by atoms with Crippen molar-refractivity contribution < 1.29 is 22.0 Å². The lowest BCUT2D eigenvalue weighted by Gasteiger charge is -2.20. The first-order valence-electron chi connectivity index (χ1n) is 10.9. The van der Waals surface area contributed by atoms with Crippen LogP contribution in [-0.2, 0) is 12.7 Å². The summed E-state index contributed by atoms with van der Waals surface area (Å²) in [5.41, 5.74) is 0.0507. The van der Waals surface area contributed by atoms with E-state index in [1.165, 1.54) is 12.1 Å². The average Bonchev–Trinajstić information content (AvgIpc) is 3.02. The maximum absolute atomic E-state index is 14.1. The molecule has 0 fully saturated rings. The van der Waals surface area contributed by atoms with Crippen LogP contribution >= 0.6 is 11.9 Å². The smallest absolute Gasteiger partial charge is 0.346 e. The Morgan fingerprint density at radius 3 is 2.18 bits per heavy atom. The average molecular weight is 497 g/mol. The molecule has 3 rings (SSSR count). The van der Waals surface area contributed by atoms with Crippen molar-refractivity contribution in [3.05, 3.63) is 59.8 Å². The molecule has 0 aliphatic rings. The van der Waals surface area contributed by atoms with E-state index in [0.717, 1.165) is 18.0 Å². The van der Waals surface area contributed by atoms with Gasteiger partial charge in [-0.05, 0) is 61.4 Å². The summed E-state index contributed by atoms with van der Waals surface area (Å²) in [5.74, 6) is 0. The van der Waals surface area contributed by atoms with Crippen molar-refractivity contribution in [1.29, 1.82) is 0 Å². The van der Waals surface area contributed by atoms with E-state index >= 15 is 0 Å². The molecule has 0 saturated carbocycles. The number of hydrogen-bond acceptors (Lipinski definition) is 2. The lowest BCUT2D eigenvalue weighted by atomic mass is 9.96. The quantitative estimate of drug-likeness (QED) is 0.196. The fourth-order valence-corrected chi connectivity index (χ4v) is 4.23. The Kier molecular flexibility index (Phi) is 7.23.